The molecule has 0 aliphatic heterocycles. The summed E-state index contributed by atoms with van der Waals surface area (Å²) < 4.78 is 27.4. The summed E-state index contributed by atoms with van der Waals surface area (Å²) in [5.41, 5.74) is 0.896. The van der Waals surface area contributed by atoms with E-state index in [4.69, 9.17) is 9.88 Å². The van der Waals surface area contributed by atoms with E-state index in [1.807, 2.05) is 30.3 Å². The van der Waals surface area contributed by atoms with Gasteiger partial charge in [-0.2, -0.15) is 0 Å². The van der Waals surface area contributed by atoms with Crippen molar-refractivity contribution in [3.05, 3.63) is 36.5 Å². The number of primary sulfonamides is 1. The van der Waals surface area contributed by atoms with Crippen molar-refractivity contribution in [2.75, 3.05) is 12.4 Å². The highest BCUT2D eigenvalue weighted by Crippen LogP contribution is 2.18. The van der Waals surface area contributed by atoms with Crippen molar-refractivity contribution >= 4 is 20.9 Å². The summed E-state index contributed by atoms with van der Waals surface area (Å²) in [6, 6.07) is 9.60. The van der Waals surface area contributed by atoms with E-state index in [1.165, 1.54) is 0 Å². The van der Waals surface area contributed by atoms with Crippen molar-refractivity contribution in [1.29, 1.82) is 0 Å². The molecule has 1 unspecified atom stereocenters. The molecule has 0 bridgehead atoms. The molecule has 1 aromatic carbocycles. The molecule has 2 aromatic rings. The van der Waals surface area contributed by atoms with Crippen molar-refractivity contribution in [2.45, 2.75) is 6.92 Å². The van der Waals surface area contributed by atoms with Crippen LogP contribution in [0.3, 0.4) is 0 Å². The zero-order valence-electron chi connectivity index (χ0n) is 10.6. The lowest BCUT2D eigenvalue weighted by molar-refractivity contribution is 0.271. The third-order valence-electron chi connectivity index (χ3n) is 2.62. The number of hydrogen-bond donors (Lipinski definition) is 1. The first-order valence-electron chi connectivity index (χ1n) is 5.92. The van der Waals surface area contributed by atoms with Crippen molar-refractivity contribution in [2.24, 2.45) is 11.1 Å². The molecule has 0 spiro atoms. The monoisotopic (exact) mass is 280 g/mol. The van der Waals surface area contributed by atoms with Crippen molar-refractivity contribution in [3.8, 4) is 5.75 Å². The maximum absolute atomic E-state index is 10.9. The third kappa shape index (κ3) is 4.18. The Bertz CT molecular complexity index is 670. The number of nitrogens with two attached hydrogens (primary N) is 1. The molecule has 2 N–H and O–H groups in total. The number of para-hydroxylation sites is 1. The number of pyridine rings is 1. The lowest BCUT2D eigenvalue weighted by Crippen LogP contribution is -2.25. The van der Waals surface area contributed by atoms with Gasteiger partial charge in [-0.25, -0.2) is 13.6 Å². The van der Waals surface area contributed by atoms with Crippen LogP contribution >= 0.6 is 0 Å². The van der Waals surface area contributed by atoms with Crippen LogP contribution in [0.2, 0.25) is 0 Å². The van der Waals surface area contributed by atoms with E-state index in [0.717, 1.165) is 10.9 Å². The first-order valence-corrected chi connectivity index (χ1v) is 7.63. The predicted molar refractivity (Wildman–Crippen MR) is 74.4 cm³/mol. The maximum atomic E-state index is 10.9. The molecule has 5 nitrogen and oxygen atoms in total. The van der Waals surface area contributed by atoms with Crippen LogP contribution in [0.25, 0.3) is 10.9 Å². The van der Waals surface area contributed by atoms with Gasteiger partial charge >= 0.3 is 0 Å². The van der Waals surface area contributed by atoms with E-state index < -0.39 is 10.0 Å². The summed E-state index contributed by atoms with van der Waals surface area (Å²) in [6.07, 6.45) is 1.63. The Morgan fingerprint density at radius 2 is 2.11 bits per heavy atom. The van der Waals surface area contributed by atoms with Crippen LogP contribution in [-0.4, -0.2) is 25.8 Å². The Balaban J connectivity index is 2.02. The van der Waals surface area contributed by atoms with Gasteiger partial charge < -0.3 is 4.74 Å². The number of sulfonamides is 1. The maximum Gasteiger partial charge on any atom is 0.209 e. The quantitative estimate of drug-likeness (QED) is 0.900. The minimum absolute atomic E-state index is 0.0893. The summed E-state index contributed by atoms with van der Waals surface area (Å²) in [4.78, 5) is 4.27. The Labute approximate surface area is 112 Å². The van der Waals surface area contributed by atoms with Crippen LogP contribution in [0.5, 0.6) is 5.75 Å². The van der Waals surface area contributed by atoms with Gasteiger partial charge in [-0.1, -0.05) is 25.1 Å². The fourth-order valence-electron chi connectivity index (χ4n) is 1.81. The fourth-order valence-corrected chi connectivity index (χ4v) is 2.70. The first kappa shape index (κ1) is 13.8. The zero-order valence-corrected chi connectivity index (χ0v) is 11.4. The molecule has 1 atom stereocenters. The second-order valence-corrected chi connectivity index (χ2v) is 6.27. The van der Waals surface area contributed by atoms with Gasteiger partial charge in [-0.05, 0) is 12.1 Å². The largest absolute Gasteiger partial charge is 0.492 e. The second-order valence-electron chi connectivity index (χ2n) is 4.61. The van der Waals surface area contributed by atoms with Crippen LogP contribution < -0.4 is 9.88 Å². The Morgan fingerprint density at radius 3 is 2.84 bits per heavy atom. The van der Waals surface area contributed by atoms with Gasteiger partial charge in [0, 0.05) is 11.3 Å². The molecule has 6 heteroatoms. The van der Waals surface area contributed by atoms with Crippen LogP contribution in [-0.2, 0) is 10.0 Å². The Morgan fingerprint density at radius 1 is 1.37 bits per heavy atom. The van der Waals surface area contributed by atoms with E-state index >= 15 is 0 Å². The third-order valence-corrected chi connectivity index (χ3v) is 3.65. The summed E-state index contributed by atoms with van der Waals surface area (Å²) >= 11 is 0. The smallest absolute Gasteiger partial charge is 0.209 e. The summed E-state index contributed by atoms with van der Waals surface area (Å²) in [7, 11) is -3.46. The number of fused-ring (bicyclic) bond motifs is 1. The molecule has 0 saturated heterocycles. The molecular formula is C13H16N2O3S. The van der Waals surface area contributed by atoms with E-state index in [9.17, 15) is 8.42 Å². The molecule has 0 aliphatic rings. The van der Waals surface area contributed by atoms with E-state index in [2.05, 4.69) is 4.98 Å². The minimum Gasteiger partial charge on any atom is -0.492 e. The predicted octanol–water partition coefficient (Wildman–Crippen LogP) is 1.54. The molecule has 0 fully saturated rings. The van der Waals surface area contributed by atoms with Gasteiger partial charge in [0.2, 0.25) is 10.0 Å². The number of aromatic nitrogens is 1. The van der Waals surface area contributed by atoms with E-state index in [-0.39, 0.29) is 18.3 Å². The normalized spacial score (nSPS) is 13.4. The van der Waals surface area contributed by atoms with Crippen LogP contribution in [0.15, 0.2) is 36.5 Å². The number of benzene rings is 1. The first-order chi connectivity index (χ1) is 8.94. The summed E-state index contributed by atoms with van der Waals surface area (Å²) in [6.45, 7) is 2.06. The fraction of sp³-hybridized carbons (Fsp3) is 0.308. The van der Waals surface area contributed by atoms with Crippen molar-refractivity contribution < 1.29 is 13.2 Å². The average molecular weight is 280 g/mol. The minimum atomic E-state index is -3.46. The topological polar surface area (TPSA) is 82.3 Å². The summed E-state index contributed by atoms with van der Waals surface area (Å²) in [5, 5.41) is 5.97. The van der Waals surface area contributed by atoms with Crippen molar-refractivity contribution in [3.63, 3.8) is 0 Å². The highest BCUT2D eigenvalue weighted by Gasteiger charge is 2.11. The Kier molecular flexibility index (Phi) is 4.01. The molecule has 1 heterocycles. The molecule has 19 heavy (non-hydrogen) atoms. The number of ether oxygens (including phenoxy) is 1. The van der Waals surface area contributed by atoms with Crippen LogP contribution in [0, 0.1) is 5.92 Å². The second kappa shape index (κ2) is 5.54. The summed E-state index contributed by atoms with van der Waals surface area (Å²) in [5.74, 6) is 0.370. The molecule has 1 aromatic heterocycles. The highest BCUT2D eigenvalue weighted by atomic mass is 32.2. The van der Waals surface area contributed by atoms with Crippen LogP contribution in [0.4, 0.5) is 0 Å². The van der Waals surface area contributed by atoms with Gasteiger partial charge in [0.1, 0.15) is 5.75 Å². The lowest BCUT2D eigenvalue weighted by Gasteiger charge is -2.12. The molecular weight excluding hydrogens is 264 g/mol. The number of rotatable bonds is 5. The number of hydrogen-bond acceptors (Lipinski definition) is 4. The van der Waals surface area contributed by atoms with Crippen molar-refractivity contribution in [1.82, 2.24) is 4.98 Å². The molecule has 0 amide bonds. The van der Waals surface area contributed by atoms with Gasteiger partial charge in [0.25, 0.3) is 0 Å². The highest BCUT2D eigenvalue weighted by molar-refractivity contribution is 7.89. The molecule has 0 radical (unpaired) electrons. The van der Waals surface area contributed by atoms with Gasteiger partial charge in [-0.3, -0.25) is 4.98 Å². The SMILES string of the molecule is CC(COc1cnc2ccccc2c1)CS(N)(=O)=O. The van der Waals surface area contributed by atoms with Gasteiger partial charge in [-0.15, -0.1) is 0 Å². The number of nitrogens with zero attached hydrogens (tertiary/aromatic N) is 1. The van der Waals surface area contributed by atoms with Gasteiger partial charge in [0.15, 0.2) is 0 Å². The zero-order chi connectivity index (χ0) is 13.9. The van der Waals surface area contributed by atoms with Gasteiger partial charge in [0.05, 0.1) is 24.1 Å². The Hall–Kier alpha value is -1.66. The molecule has 2 rings (SSSR count). The lowest BCUT2D eigenvalue weighted by atomic mass is 10.2. The van der Waals surface area contributed by atoms with Crippen LogP contribution in [0.1, 0.15) is 6.92 Å². The molecule has 102 valence electrons. The average Bonchev–Trinajstić information content (AvgIpc) is 2.34. The van der Waals surface area contributed by atoms with E-state index in [0.29, 0.717) is 5.75 Å². The van der Waals surface area contributed by atoms with E-state index in [1.54, 1.807) is 13.1 Å². The molecule has 0 aliphatic carbocycles. The standard InChI is InChI=1S/C13H16N2O3S/c1-10(9-19(14,16)17)8-18-12-6-11-4-2-3-5-13(11)15-7-12/h2-7,10H,8-9H2,1H3,(H2,14,16,17). The molecule has 0 saturated carbocycles.